The van der Waals surface area contributed by atoms with E-state index in [0.717, 1.165) is 24.4 Å². The molecule has 0 radical (unpaired) electrons. The molecule has 2 N–H and O–H groups in total. The summed E-state index contributed by atoms with van der Waals surface area (Å²) in [5.41, 5.74) is 8.65. The molecule has 1 saturated carbocycles. The molecule has 1 aromatic carbocycles. The van der Waals surface area contributed by atoms with Crippen LogP contribution in [0.3, 0.4) is 0 Å². The number of hydrogen-bond donors (Lipinski definition) is 1. The number of benzene rings is 1. The van der Waals surface area contributed by atoms with Gasteiger partial charge in [0.2, 0.25) is 0 Å². The topological polar surface area (TPSA) is 26.0 Å². The summed E-state index contributed by atoms with van der Waals surface area (Å²) < 4.78 is 0. The molecule has 0 unspecified atom stereocenters. The van der Waals surface area contributed by atoms with Crippen LogP contribution in [0, 0.1) is 0 Å². The predicted molar refractivity (Wildman–Crippen MR) is 65.4 cm³/mol. The molecule has 15 heavy (non-hydrogen) atoms. The highest BCUT2D eigenvalue weighted by Crippen LogP contribution is 2.47. The van der Waals surface area contributed by atoms with Gasteiger partial charge in [-0.15, -0.1) is 0 Å². The van der Waals surface area contributed by atoms with Crippen LogP contribution < -0.4 is 5.73 Å². The Morgan fingerprint density at radius 2 is 2.13 bits per heavy atom. The van der Waals surface area contributed by atoms with Crippen LogP contribution in [-0.2, 0) is 11.8 Å². The molecule has 2 heteroatoms. The van der Waals surface area contributed by atoms with Crippen LogP contribution >= 0.6 is 11.6 Å². The van der Waals surface area contributed by atoms with E-state index in [2.05, 4.69) is 25.1 Å². The minimum absolute atomic E-state index is 0.258. The number of hydrogen-bond acceptors (Lipinski definition) is 1. The normalized spacial score (nSPS) is 17.8. The summed E-state index contributed by atoms with van der Waals surface area (Å²) in [5.74, 6) is 0. The Bertz CT molecular complexity index is 356. The lowest BCUT2D eigenvalue weighted by Crippen LogP contribution is -2.19. The van der Waals surface area contributed by atoms with Crippen molar-refractivity contribution in [3.05, 3.63) is 34.3 Å². The largest absolute Gasteiger partial charge is 0.330 e. The van der Waals surface area contributed by atoms with Crippen LogP contribution in [0.2, 0.25) is 5.02 Å². The van der Waals surface area contributed by atoms with Crippen molar-refractivity contribution in [1.82, 2.24) is 0 Å². The van der Waals surface area contributed by atoms with Gasteiger partial charge >= 0.3 is 0 Å². The third kappa shape index (κ3) is 2.04. The maximum Gasteiger partial charge on any atom is 0.0440 e. The molecule has 0 spiro atoms. The van der Waals surface area contributed by atoms with Gasteiger partial charge in [-0.2, -0.15) is 0 Å². The van der Waals surface area contributed by atoms with Crippen molar-refractivity contribution in [2.45, 2.75) is 38.0 Å². The molecule has 1 aromatic rings. The van der Waals surface area contributed by atoms with Gasteiger partial charge in [-0.05, 0) is 36.5 Å². The molecule has 1 nitrogen and oxygen atoms in total. The molecule has 0 heterocycles. The Hall–Kier alpha value is -0.530. The maximum atomic E-state index is 6.26. The first kappa shape index (κ1) is 11.0. The quantitative estimate of drug-likeness (QED) is 0.833. The number of rotatable bonds is 4. The van der Waals surface area contributed by atoms with Gasteiger partial charge in [0.1, 0.15) is 0 Å². The molecule has 1 fully saturated rings. The van der Waals surface area contributed by atoms with Gasteiger partial charge in [-0.1, -0.05) is 37.1 Å². The molecule has 0 atom stereocenters. The molecule has 0 bridgehead atoms. The maximum absolute atomic E-state index is 6.26. The minimum Gasteiger partial charge on any atom is -0.330 e. The van der Waals surface area contributed by atoms with Crippen LogP contribution in [0.4, 0.5) is 0 Å². The molecule has 0 aromatic heterocycles. The van der Waals surface area contributed by atoms with E-state index < -0.39 is 0 Å². The number of halogens is 1. The summed E-state index contributed by atoms with van der Waals surface area (Å²) in [6.07, 6.45) is 4.63. The molecule has 0 saturated heterocycles. The fourth-order valence-electron chi connectivity index (χ4n) is 2.11. The van der Waals surface area contributed by atoms with Crippen LogP contribution in [0.15, 0.2) is 18.2 Å². The van der Waals surface area contributed by atoms with E-state index in [1.807, 2.05) is 0 Å². The van der Waals surface area contributed by atoms with Crippen LogP contribution in [0.1, 0.15) is 37.3 Å². The third-order valence-electron chi connectivity index (χ3n) is 3.43. The lowest BCUT2D eigenvalue weighted by Gasteiger charge is -2.14. The summed E-state index contributed by atoms with van der Waals surface area (Å²) in [6, 6.07) is 6.49. The second-order valence-electron chi connectivity index (χ2n) is 4.54. The molecule has 0 amide bonds. The average Bonchev–Trinajstić information content (AvgIpc) is 3.02. The third-order valence-corrected chi connectivity index (χ3v) is 3.78. The fourth-order valence-corrected chi connectivity index (χ4v) is 2.39. The van der Waals surface area contributed by atoms with Crippen LogP contribution in [-0.4, -0.2) is 6.54 Å². The SMILES string of the molecule is CCCc1ccc(C2(CN)CC2)cc1Cl. The highest BCUT2D eigenvalue weighted by atomic mass is 35.5. The van der Waals surface area contributed by atoms with E-state index >= 15 is 0 Å². The Kier molecular flexibility index (Phi) is 3.03. The highest BCUT2D eigenvalue weighted by molar-refractivity contribution is 6.31. The van der Waals surface area contributed by atoms with Crippen molar-refractivity contribution in [3.8, 4) is 0 Å². The van der Waals surface area contributed by atoms with Gasteiger partial charge in [-0.25, -0.2) is 0 Å². The summed E-state index contributed by atoms with van der Waals surface area (Å²) in [6.45, 7) is 2.92. The first-order valence-corrected chi connectivity index (χ1v) is 6.08. The second-order valence-corrected chi connectivity index (χ2v) is 4.95. The second kappa shape index (κ2) is 4.15. The molecule has 82 valence electrons. The van der Waals surface area contributed by atoms with E-state index in [-0.39, 0.29) is 5.41 Å². The van der Waals surface area contributed by atoms with Crippen molar-refractivity contribution in [3.63, 3.8) is 0 Å². The Morgan fingerprint density at radius 3 is 2.60 bits per heavy atom. The summed E-state index contributed by atoms with van der Waals surface area (Å²) >= 11 is 6.26. The Labute approximate surface area is 96.6 Å². The van der Waals surface area contributed by atoms with E-state index in [1.165, 1.54) is 24.0 Å². The summed E-state index contributed by atoms with van der Waals surface area (Å²) in [4.78, 5) is 0. The number of nitrogens with two attached hydrogens (primary N) is 1. The predicted octanol–water partition coefficient (Wildman–Crippen LogP) is 3.28. The average molecular weight is 224 g/mol. The summed E-state index contributed by atoms with van der Waals surface area (Å²) in [7, 11) is 0. The fraction of sp³-hybridized carbons (Fsp3) is 0.538. The zero-order chi connectivity index (χ0) is 10.9. The van der Waals surface area contributed by atoms with Gasteiger partial charge in [-0.3, -0.25) is 0 Å². The molecular formula is C13H18ClN. The van der Waals surface area contributed by atoms with Gasteiger partial charge in [0.25, 0.3) is 0 Å². The molecular weight excluding hydrogens is 206 g/mol. The minimum atomic E-state index is 0.258. The first-order valence-electron chi connectivity index (χ1n) is 5.71. The van der Waals surface area contributed by atoms with E-state index in [1.54, 1.807) is 0 Å². The molecule has 1 aliphatic carbocycles. The first-order chi connectivity index (χ1) is 7.22. The molecule has 1 aliphatic rings. The Morgan fingerprint density at radius 1 is 1.40 bits per heavy atom. The van der Waals surface area contributed by atoms with Crippen molar-refractivity contribution in [2.75, 3.05) is 6.54 Å². The van der Waals surface area contributed by atoms with Gasteiger partial charge in [0.15, 0.2) is 0 Å². The molecule has 2 rings (SSSR count). The number of aryl methyl sites for hydroxylation is 1. The van der Waals surface area contributed by atoms with E-state index in [0.29, 0.717) is 0 Å². The van der Waals surface area contributed by atoms with Crippen molar-refractivity contribution >= 4 is 11.6 Å². The lowest BCUT2D eigenvalue weighted by molar-refractivity contribution is 0.704. The van der Waals surface area contributed by atoms with Crippen molar-refractivity contribution in [2.24, 2.45) is 5.73 Å². The highest BCUT2D eigenvalue weighted by Gasteiger charge is 2.42. The lowest BCUT2D eigenvalue weighted by atomic mass is 9.94. The smallest absolute Gasteiger partial charge is 0.0440 e. The van der Waals surface area contributed by atoms with Crippen molar-refractivity contribution < 1.29 is 0 Å². The summed E-state index contributed by atoms with van der Waals surface area (Å²) in [5, 5.41) is 0.911. The van der Waals surface area contributed by atoms with Gasteiger partial charge in [0.05, 0.1) is 0 Å². The van der Waals surface area contributed by atoms with Gasteiger partial charge in [0, 0.05) is 17.0 Å². The van der Waals surface area contributed by atoms with Crippen molar-refractivity contribution in [1.29, 1.82) is 0 Å². The van der Waals surface area contributed by atoms with Crippen LogP contribution in [0.25, 0.3) is 0 Å². The zero-order valence-electron chi connectivity index (χ0n) is 9.22. The monoisotopic (exact) mass is 223 g/mol. The molecule has 0 aliphatic heterocycles. The van der Waals surface area contributed by atoms with Gasteiger partial charge < -0.3 is 5.73 Å². The van der Waals surface area contributed by atoms with Crippen LogP contribution in [0.5, 0.6) is 0 Å². The zero-order valence-corrected chi connectivity index (χ0v) is 9.98. The van der Waals surface area contributed by atoms with E-state index in [9.17, 15) is 0 Å². The Balaban J connectivity index is 2.25. The van der Waals surface area contributed by atoms with E-state index in [4.69, 9.17) is 17.3 Å². The standard InChI is InChI=1S/C13H18ClN/c1-2-3-10-4-5-11(8-12(10)14)13(9-15)6-7-13/h4-5,8H,2-3,6-7,9,15H2,1H3.